The number of fused-ring (bicyclic) bond motifs is 1. The molecule has 28 heavy (non-hydrogen) atoms. The molecule has 0 bridgehead atoms. The van der Waals surface area contributed by atoms with Gasteiger partial charge in [-0.15, -0.1) is 11.3 Å². The highest BCUT2D eigenvalue weighted by atomic mass is 35.5. The van der Waals surface area contributed by atoms with Crippen LogP contribution in [0.2, 0.25) is 5.02 Å². The lowest BCUT2D eigenvalue weighted by atomic mass is 9.97. The summed E-state index contributed by atoms with van der Waals surface area (Å²) in [6.07, 6.45) is 1.98. The number of amides is 1. The number of benzene rings is 2. The van der Waals surface area contributed by atoms with Gasteiger partial charge in [-0.25, -0.2) is 4.98 Å². The molecule has 1 amide bonds. The van der Waals surface area contributed by atoms with Crippen molar-refractivity contribution >= 4 is 39.1 Å². The first-order chi connectivity index (χ1) is 13.6. The average Bonchev–Trinajstić information content (AvgIpc) is 3.12. The van der Waals surface area contributed by atoms with Gasteiger partial charge in [-0.3, -0.25) is 9.69 Å². The number of thiazole rings is 1. The van der Waals surface area contributed by atoms with Crippen LogP contribution in [0.4, 0.5) is 0 Å². The van der Waals surface area contributed by atoms with Gasteiger partial charge in [0.1, 0.15) is 0 Å². The molecule has 1 aliphatic heterocycles. The summed E-state index contributed by atoms with van der Waals surface area (Å²) in [5, 5.41) is 1.94. The second-order valence-corrected chi connectivity index (χ2v) is 8.98. The van der Waals surface area contributed by atoms with Gasteiger partial charge in [0.25, 0.3) is 0 Å². The number of nitrogens with zero attached hydrogens (tertiary/aromatic N) is 3. The van der Waals surface area contributed by atoms with Crippen molar-refractivity contribution in [3.8, 4) is 0 Å². The van der Waals surface area contributed by atoms with Gasteiger partial charge in [0.2, 0.25) is 5.91 Å². The molecule has 3 aromatic rings. The van der Waals surface area contributed by atoms with Crippen LogP contribution in [0.15, 0.2) is 48.5 Å². The SMILES string of the molecule is CN(CC(=O)N1CCC(c2nc3ccccc3s2)CC1)Cc1cccc(Cl)c1. The van der Waals surface area contributed by atoms with Gasteiger partial charge in [0, 0.05) is 30.6 Å². The molecule has 2 heterocycles. The fourth-order valence-electron chi connectivity index (χ4n) is 3.77. The van der Waals surface area contributed by atoms with Crippen molar-refractivity contribution in [1.82, 2.24) is 14.8 Å². The first-order valence-electron chi connectivity index (χ1n) is 9.65. The topological polar surface area (TPSA) is 36.4 Å². The summed E-state index contributed by atoms with van der Waals surface area (Å²) >= 11 is 7.84. The van der Waals surface area contributed by atoms with Crippen LogP contribution in [0, 0.1) is 0 Å². The molecule has 1 fully saturated rings. The Bertz CT molecular complexity index is 932. The number of likely N-dealkylation sites (tertiary alicyclic amines) is 1. The predicted molar refractivity (Wildman–Crippen MR) is 116 cm³/mol. The molecule has 0 spiro atoms. The van der Waals surface area contributed by atoms with E-state index in [0.717, 1.165) is 42.0 Å². The minimum absolute atomic E-state index is 0.201. The molecule has 0 aliphatic carbocycles. The fraction of sp³-hybridized carbons (Fsp3) is 0.364. The highest BCUT2D eigenvalue weighted by Crippen LogP contribution is 2.33. The fourth-order valence-corrected chi connectivity index (χ4v) is 5.12. The zero-order chi connectivity index (χ0) is 19.5. The molecule has 1 aromatic heterocycles. The van der Waals surface area contributed by atoms with Crippen molar-refractivity contribution < 1.29 is 4.79 Å². The van der Waals surface area contributed by atoms with Crippen LogP contribution in [0.25, 0.3) is 10.2 Å². The first kappa shape index (κ1) is 19.4. The van der Waals surface area contributed by atoms with E-state index in [0.29, 0.717) is 19.0 Å². The molecule has 4 nitrogen and oxygen atoms in total. The van der Waals surface area contributed by atoms with E-state index in [4.69, 9.17) is 16.6 Å². The van der Waals surface area contributed by atoms with Crippen molar-refractivity contribution in [2.75, 3.05) is 26.7 Å². The highest BCUT2D eigenvalue weighted by molar-refractivity contribution is 7.18. The van der Waals surface area contributed by atoms with Crippen LogP contribution in [-0.2, 0) is 11.3 Å². The van der Waals surface area contributed by atoms with Crippen LogP contribution in [-0.4, -0.2) is 47.4 Å². The molecule has 1 saturated heterocycles. The molecule has 146 valence electrons. The van der Waals surface area contributed by atoms with E-state index >= 15 is 0 Å². The molecule has 0 radical (unpaired) electrons. The van der Waals surface area contributed by atoms with Gasteiger partial charge >= 0.3 is 0 Å². The van der Waals surface area contributed by atoms with Gasteiger partial charge in [0.15, 0.2) is 0 Å². The number of likely N-dealkylation sites (N-methyl/N-ethyl adjacent to an activating group) is 1. The summed E-state index contributed by atoms with van der Waals surface area (Å²) in [4.78, 5) is 21.5. The number of para-hydroxylation sites is 1. The number of carbonyl (C=O) groups excluding carboxylic acids is 1. The van der Waals surface area contributed by atoms with Gasteiger partial charge < -0.3 is 4.90 Å². The maximum Gasteiger partial charge on any atom is 0.236 e. The maximum absolute atomic E-state index is 12.7. The Kier molecular flexibility index (Phi) is 5.95. The van der Waals surface area contributed by atoms with Crippen LogP contribution in [0.5, 0.6) is 0 Å². The monoisotopic (exact) mass is 413 g/mol. The molecule has 0 atom stereocenters. The summed E-state index contributed by atoms with van der Waals surface area (Å²) in [5.41, 5.74) is 2.21. The van der Waals surface area contributed by atoms with E-state index < -0.39 is 0 Å². The molecule has 1 aliphatic rings. The van der Waals surface area contributed by atoms with Gasteiger partial charge in [-0.05, 0) is 49.7 Å². The van der Waals surface area contributed by atoms with Crippen molar-refractivity contribution in [3.63, 3.8) is 0 Å². The minimum Gasteiger partial charge on any atom is -0.342 e. The summed E-state index contributed by atoms with van der Waals surface area (Å²) < 4.78 is 1.25. The smallest absolute Gasteiger partial charge is 0.236 e. The number of carbonyl (C=O) groups is 1. The largest absolute Gasteiger partial charge is 0.342 e. The highest BCUT2D eigenvalue weighted by Gasteiger charge is 2.26. The molecule has 4 rings (SSSR count). The first-order valence-corrected chi connectivity index (χ1v) is 10.8. The van der Waals surface area contributed by atoms with E-state index in [2.05, 4.69) is 18.2 Å². The van der Waals surface area contributed by atoms with Gasteiger partial charge in [0.05, 0.1) is 21.8 Å². The molecule has 0 unspecified atom stereocenters. The third kappa shape index (κ3) is 4.54. The predicted octanol–water partition coefficient (Wildman–Crippen LogP) is 4.79. The molecule has 0 saturated carbocycles. The minimum atomic E-state index is 0.201. The van der Waals surface area contributed by atoms with E-state index in [1.54, 1.807) is 11.3 Å². The zero-order valence-corrected chi connectivity index (χ0v) is 17.5. The van der Waals surface area contributed by atoms with Crippen molar-refractivity contribution in [2.24, 2.45) is 0 Å². The lowest BCUT2D eigenvalue weighted by Crippen LogP contribution is -2.42. The molecule has 2 aromatic carbocycles. The Morgan fingerprint density at radius 3 is 2.75 bits per heavy atom. The van der Waals surface area contributed by atoms with Crippen LogP contribution >= 0.6 is 22.9 Å². The average molecular weight is 414 g/mol. The third-order valence-electron chi connectivity index (χ3n) is 5.25. The van der Waals surface area contributed by atoms with Crippen LogP contribution < -0.4 is 0 Å². The second kappa shape index (κ2) is 8.60. The van der Waals surface area contributed by atoms with E-state index in [9.17, 15) is 4.79 Å². The Morgan fingerprint density at radius 2 is 2.00 bits per heavy atom. The lowest BCUT2D eigenvalue weighted by Gasteiger charge is -2.32. The molecule has 6 heteroatoms. The van der Waals surface area contributed by atoms with Crippen LogP contribution in [0.3, 0.4) is 0 Å². The van der Waals surface area contributed by atoms with Crippen LogP contribution in [0.1, 0.15) is 29.3 Å². The number of hydrogen-bond acceptors (Lipinski definition) is 4. The van der Waals surface area contributed by atoms with E-state index in [1.807, 2.05) is 47.2 Å². The van der Waals surface area contributed by atoms with Gasteiger partial charge in [-0.1, -0.05) is 35.9 Å². The molecular weight excluding hydrogens is 390 g/mol. The molecule has 0 N–H and O–H groups in total. The third-order valence-corrected chi connectivity index (χ3v) is 6.69. The number of rotatable bonds is 5. The Morgan fingerprint density at radius 1 is 1.21 bits per heavy atom. The standard InChI is InChI=1S/C22H24ClN3OS/c1-25(14-16-5-4-6-18(23)13-16)15-21(27)26-11-9-17(10-12-26)22-24-19-7-2-3-8-20(19)28-22/h2-8,13,17H,9-12,14-15H2,1H3. The van der Waals surface area contributed by atoms with Crippen molar-refractivity contribution in [1.29, 1.82) is 0 Å². The van der Waals surface area contributed by atoms with E-state index in [1.165, 1.54) is 9.71 Å². The Balaban J connectivity index is 1.29. The summed E-state index contributed by atoms with van der Waals surface area (Å²) in [7, 11) is 1.98. The maximum atomic E-state index is 12.7. The lowest BCUT2D eigenvalue weighted by molar-refractivity contribution is -0.133. The van der Waals surface area contributed by atoms with Gasteiger partial charge in [-0.2, -0.15) is 0 Å². The van der Waals surface area contributed by atoms with Crippen molar-refractivity contribution in [3.05, 3.63) is 64.1 Å². The second-order valence-electron chi connectivity index (χ2n) is 7.48. The zero-order valence-electron chi connectivity index (χ0n) is 16.0. The summed E-state index contributed by atoms with van der Waals surface area (Å²) in [6, 6.07) is 16.1. The number of aromatic nitrogens is 1. The summed E-state index contributed by atoms with van der Waals surface area (Å²) in [5.74, 6) is 0.665. The molecular formula is C22H24ClN3OS. The summed E-state index contributed by atoms with van der Waals surface area (Å²) in [6.45, 7) is 2.77. The number of piperidine rings is 1. The Labute approximate surface area is 174 Å². The van der Waals surface area contributed by atoms with E-state index in [-0.39, 0.29) is 5.91 Å². The number of halogens is 1. The quantitative estimate of drug-likeness (QED) is 0.603. The normalized spacial score (nSPS) is 15.5. The number of hydrogen-bond donors (Lipinski definition) is 0. The van der Waals surface area contributed by atoms with Crippen molar-refractivity contribution in [2.45, 2.75) is 25.3 Å². The Hall–Kier alpha value is -1.95.